The second-order valence-corrected chi connectivity index (χ2v) is 8.58. The Bertz CT molecular complexity index is 1010. The molecule has 0 bridgehead atoms. The van der Waals surface area contributed by atoms with Crippen LogP contribution in [0, 0.1) is 5.92 Å². The normalized spacial score (nSPS) is 14.9. The van der Waals surface area contributed by atoms with E-state index in [-0.39, 0.29) is 11.8 Å². The molecule has 9 heteroatoms. The zero-order valence-corrected chi connectivity index (χ0v) is 19.2. The van der Waals surface area contributed by atoms with Gasteiger partial charge in [-0.2, -0.15) is 16.3 Å². The lowest BCUT2D eigenvalue weighted by Crippen LogP contribution is -2.40. The molecule has 3 aromatic rings. The van der Waals surface area contributed by atoms with Crippen molar-refractivity contribution in [2.45, 2.75) is 25.8 Å². The maximum Gasteiger partial charge on any atom is 0.241 e. The SMILES string of the molecule is COc1ccc(-c2noc(CN3CCC(C(=O)NCCc4ccsc4)CC3)n2)cc1OC. The lowest BCUT2D eigenvalue weighted by atomic mass is 9.96. The third kappa shape index (κ3) is 5.46. The van der Waals surface area contributed by atoms with E-state index in [1.807, 2.05) is 18.2 Å². The van der Waals surface area contributed by atoms with E-state index in [4.69, 9.17) is 14.0 Å². The van der Waals surface area contributed by atoms with Crippen LogP contribution in [0.25, 0.3) is 11.4 Å². The Balaban J connectivity index is 1.25. The first-order chi connectivity index (χ1) is 15.7. The third-order valence-electron chi connectivity index (χ3n) is 5.72. The van der Waals surface area contributed by atoms with Crippen LogP contribution in [0.1, 0.15) is 24.3 Å². The van der Waals surface area contributed by atoms with Crippen molar-refractivity contribution >= 4 is 17.2 Å². The summed E-state index contributed by atoms with van der Waals surface area (Å²) in [5.74, 6) is 2.58. The number of nitrogens with one attached hydrogen (secondary N) is 1. The second-order valence-electron chi connectivity index (χ2n) is 7.80. The molecule has 1 N–H and O–H groups in total. The average molecular weight is 457 g/mol. The van der Waals surface area contributed by atoms with E-state index in [1.165, 1.54) is 5.56 Å². The summed E-state index contributed by atoms with van der Waals surface area (Å²) in [6, 6.07) is 7.62. The van der Waals surface area contributed by atoms with Crippen molar-refractivity contribution in [2.75, 3.05) is 33.9 Å². The van der Waals surface area contributed by atoms with E-state index in [1.54, 1.807) is 25.6 Å². The number of nitrogens with zero attached hydrogens (tertiary/aromatic N) is 3. The highest BCUT2D eigenvalue weighted by atomic mass is 32.1. The standard InChI is InChI=1S/C23H28N4O4S/c1-29-19-4-3-18(13-20(19)30-2)22-25-21(31-26-22)14-27-10-6-17(7-11-27)23(28)24-9-5-16-8-12-32-15-16/h3-4,8,12-13,15,17H,5-7,9-11,14H2,1-2H3,(H,24,28). The fourth-order valence-electron chi connectivity index (χ4n) is 3.87. The summed E-state index contributed by atoms with van der Waals surface area (Å²) >= 11 is 1.68. The first-order valence-electron chi connectivity index (χ1n) is 10.7. The molecule has 1 aliphatic heterocycles. The topological polar surface area (TPSA) is 89.7 Å². The van der Waals surface area contributed by atoms with Crippen LogP contribution in [0.2, 0.25) is 0 Å². The number of hydrogen-bond donors (Lipinski definition) is 1. The molecule has 0 unspecified atom stereocenters. The van der Waals surface area contributed by atoms with Crippen molar-refractivity contribution in [1.82, 2.24) is 20.4 Å². The Kier molecular flexibility index (Phi) is 7.39. The molecule has 32 heavy (non-hydrogen) atoms. The van der Waals surface area contributed by atoms with Crippen LogP contribution in [-0.4, -0.2) is 54.8 Å². The molecule has 0 saturated carbocycles. The summed E-state index contributed by atoms with van der Waals surface area (Å²) in [4.78, 5) is 19.2. The molecule has 170 valence electrons. The predicted molar refractivity (Wildman–Crippen MR) is 122 cm³/mol. The Labute approximate surface area is 191 Å². The van der Waals surface area contributed by atoms with Crippen LogP contribution in [0.4, 0.5) is 0 Å². The molecule has 4 rings (SSSR count). The highest BCUT2D eigenvalue weighted by Gasteiger charge is 2.26. The summed E-state index contributed by atoms with van der Waals surface area (Å²) in [5, 5.41) is 11.4. The van der Waals surface area contributed by atoms with Crippen LogP contribution in [-0.2, 0) is 17.8 Å². The molecule has 2 aromatic heterocycles. The molecule has 0 spiro atoms. The van der Waals surface area contributed by atoms with Gasteiger partial charge in [0, 0.05) is 18.0 Å². The van der Waals surface area contributed by atoms with Gasteiger partial charge in [-0.1, -0.05) is 5.16 Å². The molecule has 0 radical (unpaired) electrons. The van der Waals surface area contributed by atoms with Crippen molar-refractivity contribution in [3.63, 3.8) is 0 Å². The number of thiophene rings is 1. The molecule has 1 amide bonds. The minimum atomic E-state index is 0.0683. The maximum atomic E-state index is 12.5. The molecule has 1 aliphatic rings. The quantitative estimate of drug-likeness (QED) is 0.528. The number of carbonyl (C=O) groups is 1. The average Bonchev–Trinajstić information content (AvgIpc) is 3.51. The van der Waals surface area contributed by atoms with Crippen LogP contribution >= 0.6 is 11.3 Å². The zero-order valence-electron chi connectivity index (χ0n) is 18.4. The third-order valence-corrected chi connectivity index (χ3v) is 6.45. The summed E-state index contributed by atoms with van der Waals surface area (Å²) in [7, 11) is 3.19. The van der Waals surface area contributed by atoms with Gasteiger partial charge in [0.2, 0.25) is 17.6 Å². The number of aromatic nitrogens is 2. The minimum absolute atomic E-state index is 0.0683. The van der Waals surface area contributed by atoms with Crippen LogP contribution < -0.4 is 14.8 Å². The first kappa shape index (κ1) is 22.3. The van der Waals surface area contributed by atoms with Gasteiger partial charge < -0.3 is 19.3 Å². The molecular formula is C23H28N4O4S. The number of carbonyl (C=O) groups excluding carboxylic acids is 1. The monoisotopic (exact) mass is 456 g/mol. The van der Waals surface area contributed by atoms with Gasteiger partial charge in [0.05, 0.1) is 20.8 Å². The van der Waals surface area contributed by atoms with Gasteiger partial charge in [0.25, 0.3) is 0 Å². The number of ether oxygens (including phenoxy) is 2. The number of amides is 1. The van der Waals surface area contributed by atoms with Crippen LogP contribution in [0.3, 0.4) is 0 Å². The van der Waals surface area contributed by atoms with Gasteiger partial charge >= 0.3 is 0 Å². The highest BCUT2D eigenvalue weighted by molar-refractivity contribution is 7.07. The number of hydrogen-bond acceptors (Lipinski definition) is 8. The first-order valence-corrected chi connectivity index (χ1v) is 11.7. The molecule has 1 saturated heterocycles. The number of benzene rings is 1. The Morgan fingerprint density at radius 3 is 2.75 bits per heavy atom. The minimum Gasteiger partial charge on any atom is -0.493 e. The maximum absolute atomic E-state index is 12.5. The van der Waals surface area contributed by atoms with Gasteiger partial charge in [-0.15, -0.1) is 0 Å². The van der Waals surface area contributed by atoms with Crippen molar-refractivity contribution in [3.8, 4) is 22.9 Å². The molecule has 1 aromatic carbocycles. The fourth-order valence-corrected chi connectivity index (χ4v) is 4.57. The Morgan fingerprint density at radius 1 is 1.22 bits per heavy atom. The molecule has 0 atom stereocenters. The van der Waals surface area contributed by atoms with E-state index in [0.717, 1.165) is 37.9 Å². The summed E-state index contributed by atoms with van der Waals surface area (Å²) in [6.45, 7) is 2.93. The van der Waals surface area contributed by atoms with Gasteiger partial charge in [0.1, 0.15) is 0 Å². The number of methoxy groups -OCH3 is 2. The molecule has 0 aliphatic carbocycles. The fraction of sp³-hybridized carbons (Fsp3) is 0.435. The van der Waals surface area contributed by atoms with Crippen molar-refractivity contribution in [2.24, 2.45) is 5.92 Å². The molecular weight excluding hydrogens is 428 g/mol. The lowest BCUT2D eigenvalue weighted by Gasteiger charge is -2.30. The number of rotatable bonds is 9. The van der Waals surface area contributed by atoms with Gasteiger partial charge in [-0.05, 0) is 72.9 Å². The molecule has 1 fully saturated rings. The van der Waals surface area contributed by atoms with Crippen LogP contribution in [0.5, 0.6) is 11.5 Å². The molecule has 8 nitrogen and oxygen atoms in total. The van der Waals surface area contributed by atoms with E-state index >= 15 is 0 Å². The molecule has 3 heterocycles. The van der Waals surface area contributed by atoms with E-state index in [9.17, 15) is 4.79 Å². The smallest absolute Gasteiger partial charge is 0.241 e. The van der Waals surface area contributed by atoms with Crippen molar-refractivity contribution in [1.29, 1.82) is 0 Å². The summed E-state index contributed by atoms with van der Waals surface area (Å²) in [5.41, 5.74) is 2.08. The number of likely N-dealkylation sites (tertiary alicyclic amines) is 1. The Morgan fingerprint density at radius 2 is 2.03 bits per heavy atom. The van der Waals surface area contributed by atoms with Gasteiger partial charge in [0.15, 0.2) is 11.5 Å². The summed E-state index contributed by atoms with van der Waals surface area (Å²) in [6.07, 6.45) is 2.55. The van der Waals surface area contributed by atoms with Gasteiger partial charge in [-0.3, -0.25) is 9.69 Å². The van der Waals surface area contributed by atoms with E-state index in [0.29, 0.717) is 36.3 Å². The largest absolute Gasteiger partial charge is 0.493 e. The zero-order chi connectivity index (χ0) is 22.3. The second kappa shape index (κ2) is 10.6. The van der Waals surface area contributed by atoms with Crippen molar-refractivity contribution in [3.05, 3.63) is 46.5 Å². The Hall–Kier alpha value is -2.91. The highest BCUT2D eigenvalue weighted by Crippen LogP contribution is 2.31. The van der Waals surface area contributed by atoms with Crippen LogP contribution in [0.15, 0.2) is 39.5 Å². The van der Waals surface area contributed by atoms with Crippen molar-refractivity contribution < 1.29 is 18.8 Å². The van der Waals surface area contributed by atoms with E-state index in [2.05, 4.69) is 37.2 Å². The van der Waals surface area contributed by atoms with Gasteiger partial charge in [-0.25, -0.2) is 0 Å². The van der Waals surface area contributed by atoms with E-state index < -0.39 is 0 Å². The lowest BCUT2D eigenvalue weighted by molar-refractivity contribution is -0.126. The number of piperidine rings is 1. The predicted octanol–water partition coefficient (Wildman–Crippen LogP) is 3.39. The summed E-state index contributed by atoms with van der Waals surface area (Å²) < 4.78 is 16.1.